The standard InChI is InChI=1S/C16H14F3N5O2/c1-23(2)12(25)8-24-14-11(21-15(24)26)7-20-13(22-14)9-3-5-10(6-4-9)16(17,18)19/h3-7H,8H2,1-2H3,(H,21,26). The highest BCUT2D eigenvalue weighted by Gasteiger charge is 2.30. The first kappa shape index (κ1) is 17.6. The second kappa shape index (κ2) is 6.28. The Morgan fingerprint density at radius 1 is 1.23 bits per heavy atom. The summed E-state index contributed by atoms with van der Waals surface area (Å²) in [6, 6.07) is 4.37. The third-order valence-electron chi connectivity index (χ3n) is 3.77. The molecule has 0 saturated carbocycles. The van der Waals surface area contributed by atoms with Gasteiger partial charge in [0.2, 0.25) is 5.91 Å². The van der Waals surface area contributed by atoms with Crippen LogP contribution >= 0.6 is 0 Å². The maximum Gasteiger partial charge on any atom is 0.416 e. The summed E-state index contributed by atoms with van der Waals surface area (Å²) < 4.78 is 39.1. The van der Waals surface area contributed by atoms with E-state index < -0.39 is 17.4 Å². The van der Waals surface area contributed by atoms with Gasteiger partial charge in [0.25, 0.3) is 0 Å². The van der Waals surface area contributed by atoms with Crippen molar-refractivity contribution in [2.75, 3.05) is 14.1 Å². The molecule has 10 heteroatoms. The Balaban J connectivity index is 2.03. The molecule has 1 aromatic carbocycles. The lowest BCUT2D eigenvalue weighted by Gasteiger charge is -2.10. The summed E-state index contributed by atoms with van der Waals surface area (Å²) in [5, 5.41) is 0. The van der Waals surface area contributed by atoms with Crippen LogP contribution in [0.15, 0.2) is 35.3 Å². The molecule has 136 valence electrons. The van der Waals surface area contributed by atoms with E-state index >= 15 is 0 Å². The van der Waals surface area contributed by atoms with Gasteiger partial charge in [-0.15, -0.1) is 0 Å². The third kappa shape index (κ3) is 3.30. The quantitative estimate of drug-likeness (QED) is 0.768. The zero-order valence-electron chi connectivity index (χ0n) is 13.8. The summed E-state index contributed by atoms with van der Waals surface area (Å²) in [5.41, 5.74) is -0.405. The van der Waals surface area contributed by atoms with Crippen molar-refractivity contribution in [3.63, 3.8) is 0 Å². The van der Waals surface area contributed by atoms with Gasteiger partial charge in [0.05, 0.1) is 11.8 Å². The molecule has 0 aliphatic heterocycles. The molecule has 3 rings (SSSR count). The number of H-pyrrole nitrogens is 1. The molecule has 0 aliphatic carbocycles. The molecule has 0 saturated heterocycles. The number of halogens is 3. The van der Waals surface area contributed by atoms with Crippen molar-refractivity contribution in [2.45, 2.75) is 12.7 Å². The average Bonchev–Trinajstić information content (AvgIpc) is 2.89. The van der Waals surface area contributed by atoms with Gasteiger partial charge in [-0.2, -0.15) is 13.2 Å². The van der Waals surface area contributed by atoms with E-state index in [2.05, 4.69) is 15.0 Å². The minimum atomic E-state index is -4.43. The van der Waals surface area contributed by atoms with Crippen molar-refractivity contribution in [3.8, 4) is 11.4 Å². The summed E-state index contributed by atoms with van der Waals surface area (Å²) >= 11 is 0. The van der Waals surface area contributed by atoms with Gasteiger partial charge in [0.15, 0.2) is 11.5 Å². The predicted molar refractivity (Wildman–Crippen MR) is 87.3 cm³/mol. The Kier molecular flexibility index (Phi) is 4.26. The van der Waals surface area contributed by atoms with E-state index in [1.807, 2.05) is 0 Å². The van der Waals surface area contributed by atoms with Crippen LogP contribution in [0, 0.1) is 0 Å². The van der Waals surface area contributed by atoms with Gasteiger partial charge in [0.1, 0.15) is 12.1 Å². The molecule has 26 heavy (non-hydrogen) atoms. The number of imidazole rings is 1. The molecule has 0 unspecified atom stereocenters. The Morgan fingerprint density at radius 2 is 1.88 bits per heavy atom. The summed E-state index contributed by atoms with van der Waals surface area (Å²) in [7, 11) is 3.12. The smallest absolute Gasteiger partial charge is 0.347 e. The second-order valence-electron chi connectivity index (χ2n) is 5.81. The normalized spacial score (nSPS) is 11.7. The third-order valence-corrected chi connectivity index (χ3v) is 3.77. The van der Waals surface area contributed by atoms with Crippen molar-refractivity contribution in [3.05, 3.63) is 46.5 Å². The molecule has 2 aromatic heterocycles. The van der Waals surface area contributed by atoms with Crippen LogP contribution in [0.4, 0.5) is 13.2 Å². The largest absolute Gasteiger partial charge is 0.416 e. The van der Waals surface area contributed by atoms with Crippen molar-refractivity contribution in [1.82, 2.24) is 24.4 Å². The van der Waals surface area contributed by atoms with Crippen LogP contribution in [0.1, 0.15) is 5.56 Å². The van der Waals surface area contributed by atoms with Crippen molar-refractivity contribution < 1.29 is 18.0 Å². The van der Waals surface area contributed by atoms with Crippen LogP contribution < -0.4 is 5.69 Å². The van der Waals surface area contributed by atoms with E-state index in [1.54, 1.807) is 14.1 Å². The molecule has 1 amide bonds. The fourth-order valence-corrected chi connectivity index (χ4v) is 2.32. The van der Waals surface area contributed by atoms with E-state index in [1.165, 1.54) is 23.2 Å². The molecule has 2 heterocycles. The molecular weight excluding hydrogens is 351 g/mol. The molecule has 0 bridgehead atoms. The first-order valence-corrected chi connectivity index (χ1v) is 7.50. The van der Waals surface area contributed by atoms with Gasteiger partial charge in [-0.25, -0.2) is 14.8 Å². The number of aromatic nitrogens is 4. The van der Waals surface area contributed by atoms with E-state index in [9.17, 15) is 22.8 Å². The van der Waals surface area contributed by atoms with E-state index in [0.29, 0.717) is 11.1 Å². The molecule has 0 spiro atoms. The average molecular weight is 365 g/mol. The number of aromatic amines is 1. The lowest BCUT2D eigenvalue weighted by molar-refractivity contribution is -0.137. The highest BCUT2D eigenvalue weighted by atomic mass is 19.4. The number of hydrogen-bond donors (Lipinski definition) is 1. The van der Waals surface area contributed by atoms with Crippen LogP contribution in [0.3, 0.4) is 0 Å². The maximum atomic E-state index is 12.7. The molecule has 1 N–H and O–H groups in total. The molecule has 0 aliphatic rings. The minimum Gasteiger partial charge on any atom is -0.347 e. The second-order valence-corrected chi connectivity index (χ2v) is 5.81. The summed E-state index contributed by atoms with van der Waals surface area (Å²) in [5.74, 6) is -0.154. The molecule has 3 aromatic rings. The van der Waals surface area contributed by atoms with E-state index in [0.717, 1.165) is 16.7 Å². The van der Waals surface area contributed by atoms with Crippen LogP contribution in [0.2, 0.25) is 0 Å². The predicted octanol–water partition coefficient (Wildman–Crippen LogP) is 1.89. The first-order valence-electron chi connectivity index (χ1n) is 7.50. The molecule has 0 radical (unpaired) electrons. The number of hydrogen-bond acceptors (Lipinski definition) is 4. The number of amides is 1. The fraction of sp³-hybridized carbons (Fsp3) is 0.250. The number of carbonyl (C=O) groups excluding carboxylic acids is 1. The van der Waals surface area contributed by atoms with Crippen LogP contribution in [0.5, 0.6) is 0 Å². The van der Waals surface area contributed by atoms with Crippen molar-refractivity contribution >= 4 is 17.1 Å². The maximum absolute atomic E-state index is 12.7. The number of alkyl halides is 3. The van der Waals surface area contributed by atoms with Crippen molar-refractivity contribution in [1.29, 1.82) is 0 Å². The molecule has 0 fully saturated rings. The van der Waals surface area contributed by atoms with Gasteiger partial charge in [-0.1, -0.05) is 12.1 Å². The summed E-state index contributed by atoms with van der Waals surface area (Å²) in [6.45, 7) is -0.213. The Morgan fingerprint density at radius 3 is 2.46 bits per heavy atom. The molecular formula is C16H14F3N5O2. The SMILES string of the molecule is CN(C)C(=O)Cn1c(=O)[nH]c2cnc(-c3ccc(C(F)(F)F)cc3)nc21. The highest BCUT2D eigenvalue weighted by Crippen LogP contribution is 2.30. The van der Waals surface area contributed by atoms with Gasteiger partial charge < -0.3 is 9.88 Å². The summed E-state index contributed by atoms with van der Waals surface area (Å²) in [4.78, 5) is 36.1. The monoisotopic (exact) mass is 365 g/mol. The first-order chi connectivity index (χ1) is 12.2. The highest BCUT2D eigenvalue weighted by molar-refractivity contribution is 5.79. The van der Waals surface area contributed by atoms with Crippen molar-refractivity contribution in [2.24, 2.45) is 0 Å². The van der Waals surface area contributed by atoms with Gasteiger partial charge in [-0.3, -0.25) is 9.36 Å². The topological polar surface area (TPSA) is 83.9 Å². The van der Waals surface area contributed by atoms with Gasteiger partial charge >= 0.3 is 11.9 Å². The number of benzene rings is 1. The van der Waals surface area contributed by atoms with Crippen LogP contribution in [-0.4, -0.2) is 44.4 Å². The Bertz CT molecular complexity index is 1020. The lowest BCUT2D eigenvalue weighted by atomic mass is 10.1. The van der Waals surface area contributed by atoms with Gasteiger partial charge in [-0.05, 0) is 12.1 Å². The number of likely N-dealkylation sites (N-methyl/N-ethyl adjacent to an activating group) is 1. The number of nitrogens with one attached hydrogen (secondary N) is 1. The van der Waals surface area contributed by atoms with E-state index in [-0.39, 0.29) is 23.9 Å². The number of fused-ring (bicyclic) bond motifs is 1. The molecule has 7 nitrogen and oxygen atoms in total. The zero-order chi connectivity index (χ0) is 19.1. The number of carbonyl (C=O) groups is 1. The lowest BCUT2D eigenvalue weighted by Crippen LogP contribution is -2.30. The van der Waals surface area contributed by atoms with Crippen LogP contribution in [0.25, 0.3) is 22.6 Å². The number of nitrogens with zero attached hydrogens (tertiary/aromatic N) is 4. The van der Waals surface area contributed by atoms with Crippen LogP contribution in [-0.2, 0) is 17.5 Å². The van der Waals surface area contributed by atoms with Gasteiger partial charge in [0, 0.05) is 19.7 Å². The number of rotatable bonds is 3. The zero-order valence-corrected chi connectivity index (χ0v) is 13.8. The molecule has 0 atom stereocenters. The minimum absolute atomic E-state index is 0.149. The van der Waals surface area contributed by atoms with E-state index in [4.69, 9.17) is 0 Å². The fourth-order valence-electron chi connectivity index (χ4n) is 2.32. The Labute approximate surface area is 145 Å². The summed E-state index contributed by atoms with van der Waals surface area (Å²) in [6.07, 6.45) is -3.08. The Hall–Kier alpha value is -3.17.